The number of hydrogen-bond acceptors (Lipinski definition) is 5. The van der Waals surface area contributed by atoms with Crippen molar-refractivity contribution in [1.29, 1.82) is 0 Å². The molecule has 1 aliphatic rings. The van der Waals surface area contributed by atoms with Crippen LogP contribution in [-0.4, -0.2) is 70.1 Å². The number of aryl methyl sites for hydroxylation is 2. The minimum absolute atomic E-state index is 0.317. The lowest BCUT2D eigenvalue weighted by Gasteiger charge is -2.32. The summed E-state index contributed by atoms with van der Waals surface area (Å²) in [6.07, 6.45) is 11.3. The van der Waals surface area contributed by atoms with E-state index in [1.165, 1.54) is 0 Å². The van der Waals surface area contributed by atoms with Crippen LogP contribution in [0.4, 0.5) is 0 Å². The van der Waals surface area contributed by atoms with Crippen LogP contribution < -0.4 is 5.46 Å². The molecule has 7 heterocycles. The monoisotopic (exact) mass is 728 g/mol. The van der Waals surface area contributed by atoms with Crippen molar-refractivity contribution in [2.75, 3.05) is 0 Å². The number of hydrogen-bond donors (Lipinski definition) is 1. The lowest BCUT2D eigenvalue weighted by atomic mass is 9.78. The Morgan fingerprint density at radius 2 is 1.20 bits per heavy atom. The molecule has 0 saturated carbocycles. The van der Waals surface area contributed by atoms with Crippen molar-refractivity contribution in [3.63, 3.8) is 0 Å². The molecule has 220 valence electrons. The van der Waals surface area contributed by atoms with Gasteiger partial charge in [-0.25, -0.2) is 22.5 Å². The van der Waals surface area contributed by atoms with Crippen LogP contribution in [0.2, 0.25) is 0 Å². The van der Waals surface area contributed by atoms with Gasteiger partial charge in [0.2, 0.25) is 0 Å². The standard InChI is InChI=1S/C14H19BN2O2.C8H7BrN2.C7H5BrN2.B3P/c1-13(2)14(3,4)19-15(18-13)11-6-8-16-12-10(11)7-9-17(12)5;1-11-5-3-6-7(9)2-4-10-8(6)11;8-6-2-4-10-7-5(6)1-3-9-7;1-4(2)3/h6-9H,1-5H3;2-5H,1H3;1-4H,(H,9,10);. The van der Waals surface area contributed by atoms with Gasteiger partial charge in [-0.05, 0) is 101 Å². The van der Waals surface area contributed by atoms with Crippen LogP contribution in [-0.2, 0) is 23.4 Å². The maximum Gasteiger partial charge on any atom is 0.495 e. The number of aromatic amines is 1. The number of H-pyrrole nitrogens is 1. The summed E-state index contributed by atoms with van der Waals surface area (Å²) in [7, 11) is 16.7. The molecule has 0 spiro atoms. The molecule has 8 nitrogen and oxygen atoms in total. The highest BCUT2D eigenvalue weighted by Crippen LogP contribution is 2.37. The number of pyridine rings is 3. The molecule has 7 rings (SSSR count). The van der Waals surface area contributed by atoms with E-state index in [0.717, 1.165) is 47.5 Å². The fraction of sp³-hybridized carbons (Fsp3) is 0.276. The average molecular weight is 730 g/mol. The van der Waals surface area contributed by atoms with Crippen molar-refractivity contribution in [3.05, 3.63) is 82.5 Å². The minimum atomic E-state index is -1.12. The highest BCUT2D eigenvalue weighted by Gasteiger charge is 2.52. The zero-order valence-corrected chi connectivity index (χ0v) is 29.6. The summed E-state index contributed by atoms with van der Waals surface area (Å²) in [6, 6.07) is 11.9. The van der Waals surface area contributed by atoms with E-state index in [2.05, 4.69) is 85.6 Å². The SMILES string of the molecule is Brc1ccnc2[nH]ccc12.Cn1ccc2c(B3OC(C)(C)C(C)(C)O3)ccnc21.Cn1ccc2c(Br)ccnc21.[B]P([B])[B]. The first-order chi connectivity index (χ1) is 20.7. The minimum Gasteiger partial charge on any atom is -0.399 e. The van der Waals surface area contributed by atoms with Crippen molar-refractivity contribution in [2.45, 2.75) is 38.9 Å². The summed E-state index contributed by atoms with van der Waals surface area (Å²) in [5.74, 6) is 0. The van der Waals surface area contributed by atoms with Crippen molar-refractivity contribution in [2.24, 2.45) is 14.1 Å². The largest absolute Gasteiger partial charge is 0.495 e. The first-order valence-corrected chi connectivity index (χ1v) is 16.8. The van der Waals surface area contributed by atoms with Gasteiger partial charge in [0.15, 0.2) is 0 Å². The maximum absolute atomic E-state index is 6.11. The van der Waals surface area contributed by atoms with Gasteiger partial charge in [-0.2, -0.15) is 0 Å². The second-order valence-electron chi connectivity index (χ2n) is 11.1. The van der Waals surface area contributed by atoms with Crippen molar-refractivity contribution >= 4 is 108 Å². The molecule has 0 atom stereocenters. The molecule has 15 heteroatoms. The number of nitrogens with zero attached hydrogens (tertiary/aromatic N) is 5. The Balaban J connectivity index is 0.000000151. The van der Waals surface area contributed by atoms with Crippen LogP contribution in [0.15, 0.2) is 82.5 Å². The molecule has 6 radical (unpaired) electrons. The third-order valence-electron chi connectivity index (χ3n) is 7.43. The third kappa shape index (κ3) is 7.88. The molecule has 0 aliphatic carbocycles. The van der Waals surface area contributed by atoms with Crippen molar-refractivity contribution < 1.29 is 9.31 Å². The Bertz CT molecular complexity index is 1840. The van der Waals surface area contributed by atoms with Gasteiger partial charge < -0.3 is 23.4 Å². The zero-order chi connectivity index (χ0) is 32.2. The Morgan fingerprint density at radius 1 is 0.727 bits per heavy atom. The normalized spacial score (nSPS) is 15.0. The highest BCUT2D eigenvalue weighted by atomic mass is 79.9. The van der Waals surface area contributed by atoms with E-state index in [-0.39, 0.29) is 18.3 Å². The van der Waals surface area contributed by atoms with Crippen LogP contribution in [0.3, 0.4) is 0 Å². The Hall–Kier alpha value is -2.36. The first-order valence-electron chi connectivity index (χ1n) is 13.6. The van der Waals surface area contributed by atoms with E-state index < -0.39 is 7.56 Å². The molecule has 1 N–H and O–H groups in total. The van der Waals surface area contributed by atoms with Gasteiger partial charge in [0.1, 0.15) is 16.9 Å². The Labute approximate surface area is 280 Å². The van der Waals surface area contributed by atoms with Crippen LogP contribution in [0.1, 0.15) is 27.7 Å². The van der Waals surface area contributed by atoms with Crippen LogP contribution in [0.25, 0.3) is 33.1 Å². The molecule has 0 bridgehead atoms. The van der Waals surface area contributed by atoms with E-state index >= 15 is 0 Å². The fourth-order valence-corrected chi connectivity index (χ4v) is 5.29. The summed E-state index contributed by atoms with van der Waals surface area (Å²) < 4.78 is 18.4. The summed E-state index contributed by atoms with van der Waals surface area (Å²) in [4.78, 5) is 15.8. The third-order valence-corrected chi connectivity index (χ3v) is 8.81. The van der Waals surface area contributed by atoms with E-state index in [9.17, 15) is 0 Å². The molecule has 6 aromatic rings. The topological polar surface area (TPSA) is 82.8 Å². The fourth-order valence-electron chi connectivity index (χ4n) is 4.42. The number of aromatic nitrogens is 6. The van der Waals surface area contributed by atoms with Gasteiger partial charge in [-0.3, -0.25) is 0 Å². The molecule has 0 unspecified atom stereocenters. The van der Waals surface area contributed by atoms with E-state index in [0.29, 0.717) is 0 Å². The lowest BCUT2D eigenvalue weighted by molar-refractivity contribution is 0.00578. The molecular weight excluding hydrogens is 698 g/mol. The van der Waals surface area contributed by atoms with Crippen LogP contribution >= 0.6 is 39.4 Å². The Kier molecular flexibility index (Phi) is 11.3. The van der Waals surface area contributed by atoms with Gasteiger partial charge in [-0.15, -0.1) is 0 Å². The summed E-state index contributed by atoms with van der Waals surface area (Å²) in [5.41, 5.74) is 3.30. The number of rotatable bonds is 1. The second-order valence-corrected chi connectivity index (χ2v) is 13.7. The van der Waals surface area contributed by atoms with Gasteiger partial charge >= 0.3 is 7.12 Å². The molecule has 6 aromatic heterocycles. The molecule has 44 heavy (non-hydrogen) atoms. The summed E-state index contributed by atoms with van der Waals surface area (Å²) in [5, 5.41) is 3.38. The lowest BCUT2D eigenvalue weighted by Crippen LogP contribution is -2.41. The number of fused-ring (bicyclic) bond motifs is 3. The predicted molar refractivity (Wildman–Crippen MR) is 193 cm³/mol. The molecule has 1 fully saturated rings. The molecule has 1 aliphatic heterocycles. The zero-order valence-electron chi connectivity index (χ0n) is 25.5. The quantitative estimate of drug-likeness (QED) is 0.160. The van der Waals surface area contributed by atoms with E-state index in [4.69, 9.17) is 32.0 Å². The summed E-state index contributed by atoms with van der Waals surface area (Å²) >= 11 is 6.87. The van der Waals surface area contributed by atoms with Crippen LogP contribution in [0, 0.1) is 0 Å². The first kappa shape index (κ1) is 34.5. The molecule has 1 saturated heterocycles. The summed E-state index contributed by atoms with van der Waals surface area (Å²) in [6.45, 7) is 8.26. The number of nitrogens with one attached hydrogen (secondary N) is 1. The van der Waals surface area contributed by atoms with Gasteiger partial charge in [0.05, 0.1) is 33.9 Å². The van der Waals surface area contributed by atoms with E-state index in [1.54, 1.807) is 12.4 Å². The van der Waals surface area contributed by atoms with Gasteiger partial charge in [-0.1, -0.05) is 0 Å². The van der Waals surface area contributed by atoms with Crippen molar-refractivity contribution in [3.8, 4) is 0 Å². The maximum atomic E-state index is 6.11. The Morgan fingerprint density at radius 3 is 1.75 bits per heavy atom. The molecule has 0 aromatic carbocycles. The smallest absolute Gasteiger partial charge is 0.399 e. The molecule has 0 amide bonds. The van der Waals surface area contributed by atoms with Gasteiger partial charge in [0.25, 0.3) is 0 Å². The van der Waals surface area contributed by atoms with Crippen molar-refractivity contribution in [1.82, 2.24) is 29.1 Å². The number of halogens is 2. The predicted octanol–water partition coefficient (Wildman–Crippen LogP) is 6.25. The van der Waals surface area contributed by atoms with Gasteiger partial charge in [0, 0.05) is 76.4 Å². The van der Waals surface area contributed by atoms with Crippen LogP contribution in [0.5, 0.6) is 0 Å². The molecular formula is C29H31B4Br2N6O2P. The van der Waals surface area contributed by atoms with E-state index in [1.807, 2.05) is 78.3 Å². The highest BCUT2D eigenvalue weighted by molar-refractivity contribution is 9.11. The second kappa shape index (κ2) is 14.4. The average Bonchev–Trinajstić information content (AvgIpc) is 3.72.